The molecule has 4 nitrogen and oxygen atoms in total. The van der Waals surface area contributed by atoms with Crippen LogP contribution in [0.1, 0.15) is 11.3 Å². The van der Waals surface area contributed by atoms with E-state index in [0.29, 0.717) is 27.6 Å². The third-order valence-electron chi connectivity index (χ3n) is 3.34. The van der Waals surface area contributed by atoms with Crippen molar-refractivity contribution in [2.75, 3.05) is 0 Å². The Morgan fingerprint density at radius 1 is 1.09 bits per heavy atom. The molecule has 0 unspecified atom stereocenters. The lowest BCUT2D eigenvalue weighted by Crippen LogP contribution is -2.01. The predicted molar refractivity (Wildman–Crippen MR) is 88.9 cm³/mol. The van der Waals surface area contributed by atoms with Crippen LogP contribution in [0.15, 0.2) is 47.1 Å². The van der Waals surface area contributed by atoms with Crippen molar-refractivity contribution >= 4 is 15.9 Å². The number of ether oxygens (including phenoxy) is 1. The van der Waals surface area contributed by atoms with E-state index in [0.717, 1.165) is 11.3 Å². The monoisotopic (exact) mass is 373 g/mol. The lowest BCUT2D eigenvalue weighted by molar-refractivity contribution is 0.452. The number of pyridine rings is 1. The third kappa shape index (κ3) is 3.37. The molecule has 3 rings (SSSR count). The normalized spacial score (nSPS) is 10.6. The quantitative estimate of drug-likeness (QED) is 0.658. The molecule has 0 saturated heterocycles. The van der Waals surface area contributed by atoms with Crippen LogP contribution in [0, 0.1) is 19.7 Å². The summed E-state index contributed by atoms with van der Waals surface area (Å²) < 4.78 is 19.6. The van der Waals surface area contributed by atoms with Crippen LogP contribution in [-0.2, 0) is 0 Å². The number of aromatic nitrogens is 3. The Hall–Kier alpha value is -2.34. The molecule has 23 heavy (non-hydrogen) atoms. The van der Waals surface area contributed by atoms with Crippen molar-refractivity contribution in [2.24, 2.45) is 0 Å². The van der Waals surface area contributed by atoms with Crippen molar-refractivity contribution in [3.8, 4) is 23.1 Å². The van der Waals surface area contributed by atoms with E-state index in [4.69, 9.17) is 4.74 Å². The van der Waals surface area contributed by atoms with Gasteiger partial charge in [0.05, 0.1) is 4.47 Å². The number of benzene rings is 1. The average molecular weight is 374 g/mol. The van der Waals surface area contributed by atoms with Crippen molar-refractivity contribution in [2.45, 2.75) is 13.8 Å². The fourth-order valence-corrected chi connectivity index (χ4v) is 2.41. The van der Waals surface area contributed by atoms with E-state index in [9.17, 15) is 4.39 Å². The van der Waals surface area contributed by atoms with Crippen LogP contribution < -0.4 is 4.74 Å². The number of nitrogens with zero attached hydrogens (tertiary/aromatic N) is 3. The summed E-state index contributed by atoms with van der Waals surface area (Å²) in [4.78, 5) is 13.2. The fourth-order valence-electron chi connectivity index (χ4n) is 1.97. The standard InChI is InChI=1S/C17H13BrFN3O/c1-10-11(2)21-16(14-5-3-4-8-20-14)22-17(10)23-15-7-6-12(19)9-13(15)18/h3-9H,1-2H3. The van der Waals surface area contributed by atoms with Crippen molar-refractivity contribution in [1.82, 2.24) is 15.0 Å². The number of rotatable bonds is 3. The molecule has 0 atom stereocenters. The molecule has 3 aromatic rings. The average Bonchev–Trinajstić information content (AvgIpc) is 2.55. The first-order valence-corrected chi connectivity index (χ1v) is 7.73. The third-order valence-corrected chi connectivity index (χ3v) is 3.96. The van der Waals surface area contributed by atoms with Gasteiger partial charge in [0, 0.05) is 17.5 Å². The highest BCUT2D eigenvalue weighted by molar-refractivity contribution is 9.10. The van der Waals surface area contributed by atoms with Crippen LogP contribution in [0.2, 0.25) is 0 Å². The lowest BCUT2D eigenvalue weighted by atomic mass is 10.2. The van der Waals surface area contributed by atoms with Gasteiger partial charge in [0.15, 0.2) is 5.82 Å². The van der Waals surface area contributed by atoms with Crippen LogP contribution in [-0.4, -0.2) is 15.0 Å². The van der Waals surface area contributed by atoms with Gasteiger partial charge >= 0.3 is 0 Å². The molecule has 0 bridgehead atoms. The SMILES string of the molecule is Cc1nc(-c2ccccn2)nc(Oc2ccc(F)cc2Br)c1C. The maximum absolute atomic E-state index is 13.2. The molecule has 0 radical (unpaired) electrons. The van der Waals surface area contributed by atoms with Gasteiger partial charge in [0.25, 0.3) is 0 Å². The maximum Gasteiger partial charge on any atom is 0.226 e. The smallest absolute Gasteiger partial charge is 0.226 e. The summed E-state index contributed by atoms with van der Waals surface area (Å²) in [6.45, 7) is 3.76. The van der Waals surface area contributed by atoms with E-state index < -0.39 is 0 Å². The van der Waals surface area contributed by atoms with Crippen molar-refractivity contribution in [1.29, 1.82) is 0 Å². The summed E-state index contributed by atoms with van der Waals surface area (Å²) in [5.74, 6) is 1.06. The zero-order valence-corrected chi connectivity index (χ0v) is 14.1. The number of aryl methyl sites for hydroxylation is 1. The minimum atomic E-state index is -0.339. The lowest BCUT2D eigenvalue weighted by Gasteiger charge is -2.12. The molecule has 1 aromatic carbocycles. The van der Waals surface area contributed by atoms with Crippen molar-refractivity contribution in [3.05, 3.63) is 64.1 Å². The van der Waals surface area contributed by atoms with Gasteiger partial charge in [-0.25, -0.2) is 9.37 Å². The van der Waals surface area contributed by atoms with Gasteiger partial charge in [0.1, 0.15) is 17.3 Å². The van der Waals surface area contributed by atoms with Gasteiger partial charge < -0.3 is 4.74 Å². The Kier molecular flexibility index (Phi) is 4.34. The summed E-state index contributed by atoms with van der Waals surface area (Å²) in [6.07, 6.45) is 1.69. The van der Waals surface area contributed by atoms with Gasteiger partial charge in [0.2, 0.25) is 5.88 Å². The minimum Gasteiger partial charge on any atom is -0.437 e. The van der Waals surface area contributed by atoms with Gasteiger partial charge in [-0.3, -0.25) is 4.98 Å². The number of halogens is 2. The molecule has 0 aliphatic rings. The second kappa shape index (κ2) is 6.42. The minimum absolute atomic E-state index is 0.339. The molecular weight excluding hydrogens is 361 g/mol. The number of hydrogen-bond donors (Lipinski definition) is 0. The van der Waals surface area contributed by atoms with Crippen LogP contribution in [0.5, 0.6) is 11.6 Å². The summed E-state index contributed by atoms with van der Waals surface area (Å²) in [5, 5.41) is 0. The van der Waals surface area contributed by atoms with Gasteiger partial charge in [-0.05, 0) is 60.1 Å². The molecule has 0 aliphatic heterocycles. The topological polar surface area (TPSA) is 47.9 Å². The molecule has 0 amide bonds. The second-order valence-electron chi connectivity index (χ2n) is 4.95. The second-order valence-corrected chi connectivity index (χ2v) is 5.81. The molecular formula is C17H13BrFN3O. The first-order valence-electron chi connectivity index (χ1n) is 6.94. The molecule has 0 fully saturated rings. The molecule has 116 valence electrons. The van der Waals surface area contributed by atoms with E-state index in [2.05, 4.69) is 30.9 Å². The zero-order valence-electron chi connectivity index (χ0n) is 12.5. The Labute approximate surface area is 141 Å². The van der Waals surface area contributed by atoms with Crippen LogP contribution in [0.4, 0.5) is 4.39 Å². The van der Waals surface area contributed by atoms with Crippen molar-refractivity contribution in [3.63, 3.8) is 0 Å². The summed E-state index contributed by atoms with van der Waals surface area (Å²) >= 11 is 3.29. The van der Waals surface area contributed by atoms with Gasteiger partial charge in [-0.1, -0.05) is 6.07 Å². The Balaban J connectivity index is 2.03. The van der Waals surface area contributed by atoms with E-state index in [1.54, 1.807) is 12.3 Å². The molecule has 0 spiro atoms. The van der Waals surface area contributed by atoms with Gasteiger partial charge in [-0.2, -0.15) is 4.98 Å². The van der Waals surface area contributed by atoms with Crippen LogP contribution in [0.25, 0.3) is 11.5 Å². The molecule has 2 aromatic heterocycles. The largest absolute Gasteiger partial charge is 0.437 e. The Morgan fingerprint density at radius 2 is 1.91 bits per heavy atom. The molecule has 6 heteroatoms. The summed E-state index contributed by atoms with van der Waals surface area (Å²) in [6, 6.07) is 9.77. The number of hydrogen-bond acceptors (Lipinski definition) is 4. The molecule has 0 aliphatic carbocycles. The molecule has 0 saturated carbocycles. The van der Waals surface area contributed by atoms with E-state index >= 15 is 0 Å². The summed E-state index contributed by atoms with van der Waals surface area (Å²) in [7, 11) is 0. The fraction of sp³-hybridized carbons (Fsp3) is 0.118. The van der Waals surface area contributed by atoms with Crippen LogP contribution in [0.3, 0.4) is 0 Å². The molecule has 0 N–H and O–H groups in total. The van der Waals surface area contributed by atoms with E-state index in [-0.39, 0.29) is 5.82 Å². The first-order chi connectivity index (χ1) is 11.0. The predicted octanol–water partition coefficient (Wildman–Crippen LogP) is 4.85. The maximum atomic E-state index is 13.2. The molecule has 2 heterocycles. The van der Waals surface area contributed by atoms with Crippen molar-refractivity contribution < 1.29 is 9.13 Å². The van der Waals surface area contributed by atoms with E-state index in [1.807, 2.05) is 32.0 Å². The highest BCUT2D eigenvalue weighted by Gasteiger charge is 2.14. The highest BCUT2D eigenvalue weighted by Crippen LogP contribution is 2.32. The summed E-state index contributed by atoms with van der Waals surface area (Å²) in [5.41, 5.74) is 2.29. The first kappa shape index (κ1) is 15.6. The Bertz CT molecular complexity index is 856. The highest BCUT2D eigenvalue weighted by atomic mass is 79.9. The zero-order chi connectivity index (χ0) is 16.4. The van der Waals surface area contributed by atoms with E-state index in [1.165, 1.54) is 12.1 Å². The Morgan fingerprint density at radius 3 is 2.61 bits per heavy atom. The van der Waals surface area contributed by atoms with Gasteiger partial charge in [-0.15, -0.1) is 0 Å². The van der Waals surface area contributed by atoms with Crippen LogP contribution >= 0.6 is 15.9 Å².